The molecule has 15 heavy (non-hydrogen) atoms. The first-order valence-electron chi connectivity index (χ1n) is 7.21. The van der Waals surface area contributed by atoms with E-state index in [0.29, 0.717) is 0 Å². The average molecular weight is 207 g/mol. The van der Waals surface area contributed by atoms with Gasteiger partial charge in [-0.15, -0.1) is 0 Å². The van der Waals surface area contributed by atoms with Crippen LogP contribution >= 0.6 is 0 Å². The second kappa shape index (κ2) is 4.45. The lowest BCUT2D eigenvalue weighted by Crippen LogP contribution is -2.47. The highest BCUT2D eigenvalue weighted by atomic mass is 15.2. The van der Waals surface area contributed by atoms with E-state index in [9.17, 15) is 0 Å². The fraction of sp³-hybridized carbons (Fsp3) is 1.00. The summed E-state index contributed by atoms with van der Waals surface area (Å²) in [5.74, 6) is 1.07. The Bertz CT molecular complexity index is 207. The van der Waals surface area contributed by atoms with Gasteiger partial charge in [0.2, 0.25) is 0 Å². The fourth-order valence-corrected chi connectivity index (χ4v) is 4.36. The molecular formula is C14H25N. The van der Waals surface area contributed by atoms with E-state index in [1.807, 2.05) is 0 Å². The van der Waals surface area contributed by atoms with Gasteiger partial charge >= 0.3 is 0 Å². The van der Waals surface area contributed by atoms with E-state index in [4.69, 9.17) is 0 Å². The molecule has 0 bridgehead atoms. The molecule has 86 valence electrons. The first-order valence-corrected chi connectivity index (χ1v) is 7.21. The molecule has 0 aromatic rings. The summed E-state index contributed by atoms with van der Waals surface area (Å²) in [4.78, 5) is 2.90. The highest BCUT2D eigenvalue weighted by Gasteiger charge is 2.37. The zero-order valence-electron chi connectivity index (χ0n) is 9.96. The van der Waals surface area contributed by atoms with Gasteiger partial charge in [0.05, 0.1) is 0 Å². The Hall–Kier alpha value is -0.0400. The molecule has 3 rings (SSSR count). The van der Waals surface area contributed by atoms with Crippen LogP contribution in [0.2, 0.25) is 0 Å². The molecule has 2 saturated heterocycles. The first-order chi connectivity index (χ1) is 7.45. The van der Waals surface area contributed by atoms with Crippen LogP contribution in [0.15, 0.2) is 0 Å². The Morgan fingerprint density at radius 1 is 0.667 bits per heavy atom. The van der Waals surface area contributed by atoms with Crippen molar-refractivity contribution in [3.63, 3.8) is 0 Å². The van der Waals surface area contributed by atoms with Crippen molar-refractivity contribution in [3.8, 4) is 0 Å². The molecule has 0 N–H and O–H groups in total. The topological polar surface area (TPSA) is 3.24 Å². The molecular weight excluding hydrogens is 182 g/mol. The first kappa shape index (κ1) is 10.1. The van der Waals surface area contributed by atoms with Crippen molar-refractivity contribution in [3.05, 3.63) is 0 Å². The molecule has 1 aliphatic carbocycles. The van der Waals surface area contributed by atoms with Crippen LogP contribution in [0.4, 0.5) is 0 Å². The van der Waals surface area contributed by atoms with Gasteiger partial charge in [-0.05, 0) is 51.0 Å². The Morgan fingerprint density at radius 2 is 1.47 bits per heavy atom. The van der Waals surface area contributed by atoms with E-state index in [0.717, 1.165) is 18.0 Å². The van der Waals surface area contributed by atoms with Crippen LogP contribution in [0.3, 0.4) is 0 Å². The molecule has 2 aliphatic heterocycles. The van der Waals surface area contributed by atoms with Crippen molar-refractivity contribution in [2.45, 2.75) is 76.3 Å². The Balaban J connectivity index is 1.67. The minimum Gasteiger partial charge on any atom is -0.297 e. The van der Waals surface area contributed by atoms with Crippen LogP contribution in [0.1, 0.15) is 64.2 Å². The Kier molecular flexibility index (Phi) is 3.01. The summed E-state index contributed by atoms with van der Waals surface area (Å²) in [7, 11) is 0. The van der Waals surface area contributed by atoms with Gasteiger partial charge in [0.25, 0.3) is 0 Å². The van der Waals surface area contributed by atoms with E-state index in [1.54, 1.807) is 0 Å². The summed E-state index contributed by atoms with van der Waals surface area (Å²) < 4.78 is 0. The maximum atomic E-state index is 2.90. The summed E-state index contributed by atoms with van der Waals surface area (Å²) >= 11 is 0. The zero-order chi connectivity index (χ0) is 10.1. The summed E-state index contributed by atoms with van der Waals surface area (Å²) in [6.45, 7) is 1.42. The molecule has 3 fully saturated rings. The SMILES string of the molecule is C1CCC(C2CCCC3CCCN32)CC1. The molecule has 0 radical (unpaired) electrons. The van der Waals surface area contributed by atoms with Gasteiger partial charge in [-0.1, -0.05) is 25.7 Å². The minimum atomic E-state index is 0.991. The number of fused-ring (bicyclic) bond motifs is 1. The Morgan fingerprint density at radius 3 is 2.33 bits per heavy atom. The molecule has 2 unspecified atom stereocenters. The monoisotopic (exact) mass is 207 g/mol. The van der Waals surface area contributed by atoms with Gasteiger partial charge in [0.1, 0.15) is 0 Å². The van der Waals surface area contributed by atoms with Crippen LogP contribution in [-0.2, 0) is 0 Å². The molecule has 1 nitrogen and oxygen atoms in total. The minimum absolute atomic E-state index is 0.991. The largest absolute Gasteiger partial charge is 0.297 e. The molecule has 0 aromatic carbocycles. The summed E-state index contributed by atoms with van der Waals surface area (Å²) in [6.07, 6.45) is 15.1. The number of rotatable bonds is 1. The van der Waals surface area contributed by atoms with E-state index < -0.39 is 0 Å². The number of hydrogen-bond acceptors (Lipinski definition) is 1. The average Bonchev–Trinajstić information content (AvgIpc) is 2.78. The van der Waals surface area contributed by atoms with Crippen molar-refractivity contribution >= 4 is 0 Å². The van der Waals surface area contributed by atoms with Crippen LogP contribution < -0.4 is 0 Å². The second-order valence-electron chi connectivity index (χ2n) is 5.93. The fourth-order valence-electron chi connectivity index (χ4n) is 4.36. The van der Waals surface area contributed by atoms with Crippen LogP contribution in [-0.4, -0.2) is 23.5 Å². The Labute approximate surface area is 94.2 Å². The van der Waals surface area contributed by atoms with Crippen molar-refractivity contribution < 1.29 is 0 Å². The molecule has 3 aliphatic rings. The summed E-state index contributed by atoms with van der Waals surface area (Å²) in [6, 6.07) is 1.98. The third-order valence-electron chi connectivity index (χ3n) is 5.08. The van der Waals surface area contributed by atoms with Gasteiger partial charge in [-0.25, -0.2) is 0 Å². The maximum absolute atomic E-state index is 2.90. The standard InChI is InChI=1S/C14H25N/c1-2-6-12(7-3-1)14-10-4-8-13-9-5-11-15(13)14/h12-14H,1-11H2. The molecule has 0 spiro atoms. The van der Waals surface area contributed by atoms with E-state index in [2.05, 4.69) is 4.90 Å². The molecule has 0 amide bonds. The third kappa shape index (κ3) is 1.95. The van der Waals surface area contributed by atoms with Crippen LogP contribution in [0, 0.1) is 5.92 Å². The van der Waals surface area contributed by atoms with E-state index >= 15 is 0 Å². The third-order valence-corrected chi connectivity index (χ3v) is 5.08. The van der Waals surface area contributed by atoms with Crippen LogP contribution in [0.25, 0.3) is 0 Å². The number of piperidine rings is 1. The summed E-state index contributed by atoms with van der Waals surface area (Å²) in [5, 5.41) is 0. The lowest BCUT2D eigenvalue weighted by atomic mass is 9.79. The molecule has 0 aromatic heterocycles. The van der Waals surface area contributed by atoms with Crippen molar-refractivity contribution in [2.24, 2.45) is 5.92 Å². The molecule has 2 atom stereocenters. The van der Waals surface area contributed by atoms with Gasteiger partial charge in [-0.2, -0.15) is 0 Å². The van der Waals surface area contributed by atoms with Gasteiger partial charge in [0, 0.05) is 12.1 Å². The van der Waals surface area contributed by atoms with Gasteiger partial charge < -0.3 is 0 Å². The molecule has 1 saturated carbocycles. The predicted molar refractivity (Wildman–Crippen MR) is 63.9 cm³/mol. The highest BCUT2D eigenvalue weighted by Crippen LogP contribution is 2.38. The zero-order valence-corrected chi connectivity index (χ0v) is 9.96. The number of hydrogen-bond donors (Lipinski definition) is 0. The molecule has 2 heterocycles. The normalized spacial score (nSPS) is 39.2. The van der Waals surface area contributed by atoms with Crippen LogP contribution in [0.5, 0.6) is 0 Å². The quantitative estimate of drug-likeness (QED) is 0.635. The van der Waals surface area contributed by atoms with Crippen molar-refractivity contribution in [1.29, 1.82) is 0 Å². The van der Waals surface area contributed by atoms with Crippen molar-refractivity contribution in [1.82, 2.24) is 4.90 Å². The molecule has 1 heteroatoms. The predicted octanol–water partition coefficient (Wildman–Crippen LogP) is 3.58. The highest BCUT2D eigenvalue weighted by molar-refractivity contribution is 4.92. The lowest BCUT2D eigenvalue weighted by molar-refractivity contribution is 0.0639. The van der Waals surface area contributed by atoms with Crippen molar-refractivity contribution in [2.75, 3.05) is 6.54 Å². The summed E-state index contributed by atoms with van der Waals surface area (Å²) in [5.41, 5.74) is 0. The lowest BCUT2D eigenvalue weighted by Gasteiger charge is -2.43. The van der Waals surface area contributed by atoms with Gasteiger partial charge in [0.15, 0.2) is 0 Å². The maximum Gasteiger partial charge on any atom is 0.0126 e. The van der Waals surface area contributed by atoms with Gasteiger partial charge in [-0.3, -0.25) is 4.90 Å². The van der Waals surface area contributed by atoms with E-state index in [-0.39, 0.29) is 0 Å². The second-order valence-corrected chi connectivity index (χ2v) is 5.93. The smallest absolute Gasteiger partial charge is 0.0126 e. The number of nitrogens with zero attached hydrogens (tertiary/aromatic N) is 1. The van der Waals surface area contributed by atoms with E-state index in [1.165, 1.54) is 70.8 Å².